The number of phosphoric acid groups is 1. The molecule has 2 unspecified atom stereocenters. The number of hydrogen-bond donors (Lipinski definition) is 2. The summed E-state index contributed by atoms with van der Waals surface area (Å²) in [6.07, 6.45) is -3.08. The van der Waals surface area contributed by atoms with Gasteiger partial charge < -0.3 is 29.1 Å². The zero-order valence-electron chi connectivity index (χ0n) is 6.74. The van der Waals surface area contributed by atoms with Gasteiger partial charge in [0.05, 0.1) is 13.9 Å². The first-order valence-electron chi connectivity index (χ1n) is 3.29. The standard InChI is InChI=1S/C5H11O7P/c1-3(6)5(8)4(7)2-12-13(9,10)11/h3,5-6,8H,2H2,1H3,(H2,9,10,11)/p-2. The topological polar surface area (TPSA) is 130 Å². The van der Waals surface area contributed by atoms with Crippen LogP contribution in [0.3, 0.4) is 0 Å². The summed E-state index contributed by atoms with van der Waals surface area (Å²) >= 11 is 0. The third-order valence-electron chi connectivity index (χ3n) is 1.15. The first kappa shape index (κ1) is 12.7. The Bertz CT molecular complexity index is 219. The zero-order valence-corrected chi connectivity index (χ0v) is 7.64. The van der Waals surface area contributed by atoms with Crippen LogP contribution >= 0.6 is 7.82 Å². The molecule has 2 atom stereocenters. The molecule has 0 bridgehead atoms. The van der Waals surface area contributed by atoms with Gasteiger partial charge in [-0.1, -0.05) is 0 Å². The first-order chi connectivity index (χ1) is 5.74. The van der Waals surface area contributed by atoms with Crippen molar-refractivity contribution in [1.29, 1.82) is 0 Å². The molecule has 0 aliphatic rings. The Balaban J connectivity index is 3.96. The zero-order chi connectivity index (χ0) is 10.6. The molecule has 0 aromatic heterocycles. The van der Waals surface area contributed by atoms with E-state index in [1.54, 1.807) is 0 Å². The van der Waals surface area contributed by atoms with Crippen molar-refractivity contribution in [3.8, 4) is 0 Å². The number of carbonyl (C=O) groups excluding carboxylic acids is 1. The highest BCUT2D eigenvalue weighted by Crippen LogP contribution is 2.24. The third kappa shape index (κ3) is 5.87. The van der Waals surface area contributed by atoms with E-state index in [0.29, 0.717) is 0 Å². The second-order valence-corrected chi connectivity index (χ2v) is 3.53. The van der Waals surface area contributed by atoms with Gasteiger partial charge in [-0.15, -0.1) is 0 Å². The van der Waals surface area contributed by atoms with Crippen molar-refractivity contribution >= 4 is 13.6 Å². The van der Waals surface area contributed by atoms with Gasteiger partial charge in [-0.25, -0.2) is 0 Å². The summed E-state index contributed by atoms with van der Waals surface area (Å²) < 4.78 is 13.5. The third-order valence-corrected chi connectivity index (χ3v) is 1.60. The number of carbonyl (C=O) groups is 1. The minimum absolute atomic E-state index is 1.06. The molecule has 8 heteroatoms. The van der Waals surface area contributed by atoms with Crippen molar-refractivity contribution in [3.63, 3.8) is 0 Å². The quantitative estimate of drug-likeness (QED) is 0.468. The van der Waals surface area contributed by atoms with E-state index in [9.17, 15) is 19.1 Å². The summed E-state index contributed by atoms with van der Waals surface area (Å²) in [5, 5.41) is 17.5. The summed E-state index contributed by atoms with van der Waals surface area (Å²) in [6, 6.07) is 0. The lowest BCUT2D eigenvalue weighted by molar-refractivity contribution is -0.341. The van der Waals surface area contributed by atoms with E-state index >= 15 is 0 Å². The maximum Gasteiger partial charge on any atom is 0.189 e. The molecular weight excluding hydrogens is 203 g/mol. The molecule has 2 N–H and O–H groups in total. The van der Waals surface area contributed by atoms with Crippen molar-refractivity contribution in [1.82, 2.24) is 0 Å². The number of aliphatic hydroxyl groups excluding tert-OH is 2. The lowest BCUT2D eigenvalue weighted by atomic mass is 10.1. The number of hydrogen-bond acceptors (Lipinski definition) is 7. The number of ketones is 1. The van der Waals surface area contributed by atoms with Crippen molar-refractivity contribution in [2.24, 2.45) is 0 Å². The number of aliphatic hydroxyl groups is 2. The van der Waals surface area contributed by atoms with Gasteiger partial charge in [0.15, 0.2) is 5.78 Å². The summed E-state index contributed by atoms with van der Waals surface area (Å²) in [5.41, 5.74) is 0. The Hall–Kier alpha value is -0.300. The molecule has 0 amide bonds. The highest BCUT2D eigenvalue weighted by Gasteiger charge is 2.20. The SMILES string of the molecule is CC(O)C(O)C(=O)COP(=O)([O-])[O-]. The van der Waals surface area contributed by atoms with E-state index in [1.807, 2.05) is 0 Å². The van der Waals surface area contributed by atoms with Crippen LogP contribution in [-0.4, -0.2) is 34.8 Å². The molecule has 13 heavy (non-hydrogen) atoms. The lowest BCUT2D eigenvalue weighted by Crippen LogP contribution is -2.35. The molecule has 0 saturated carbocycles. The van der Waals surface area contributed by atoms with Crippen LogP contribution in [0.5, 0.6) is 0 Å². The fraction of sp³-hybridized carbons (Fsp3) is 0.800. The molecule has 0 aliphatic heterocycles. The maximum absolute atomic E-state index is 10.7. The molecule has 0 heterocycles. The van der Waals surface area contributed by atoms with Gasteiger partial charge in [-0.2, -0.15) is 0 Å². The van der Waals surface area contributed by atoms with Crippen molar-refractivity contribution < 1.29 is 33.9 Å². The van der Waals surface area contributed by atoms with Crippen LogP contribution in [0.2, 0.25) is 0 Å². The molecule has 0 rings (SSSR count). The number of phosphoric ester groups is 1. The lowest BCUT2D eigenvalue weighted by Gasteiger charge is -2.28. The van der Waals surface area contributed by atoms with E-state index in [1.165, 1.54) is 0 Å². The summed E-state index contributed by atoms with van der Waals surface area (Å²) in [7, 11) is -5.20. The normalized spacial score (nSPS) is 16.7. The summed E-state index contributed by atoms with van der Waals surface area (Å²) in [5.74, 6) is -1.07. The highest BCUT2D eigenvalue weighted by molar-refractivity contribution is 7.43. The van der Waals surface area contributed by atoms with Crippen LogP contribution in [0, 0.1) is 0 Å². The molecule has 78 valence electrons. The van der Waals surface area contributed by atoms with Crippen LogP contribution in [0.1, 0.15) is 6.92 Å². The largest absolute Gasteiger partial charge is 0.790 e. The van der Waals surface area contributed by atoms with Crippen molar-refractivity contribution in [2.45, 2.75) is 19.1 Å². The van der Waals surface area contributed by atoms with Gasteiger partial charge in [-0.05, 0) is 6.92 Å². The predicted octanol–water partition coefficient (Wildman–Crippen LogP) is -2.86. The van der Waals surface area contributed by atoms with Gasteiger partial charge in [0.1, 0.15) is 12.7 Å². The number of Topliss-reactive ketones (excluding diaryl/α,β-unsaturated/α-hetero) is 1. The molecular formula is C5H9O7P-2. The highest BCUT2D eigenvalue weighted by atomic mass is 31.2. The van der Waals surface area contributed by atoms with Gasteiger partial charge in [0, 0.05) is 0 Å². The Morgan fingerprint density at radius 2 is 2.00 bits per heavy atom. The smallest absolute Gasteiger partial charge is 0.189 e. The monoisotopic (exact) mass is 212 g/mol. The second kappa shape index (κ2) is 4.80. The van der Waals surface area contributed by atoms with Gasteiger partial charge in [0.2, 0.25) is 0 Å². The molecule has 7 nitrogen and oxygen atoms in total. The van der Waals surface area contributed by atoms with E-state index in [-0.39, 0.29) is 0 Å². The van der Waals surface area contributed by atoms with Crippen molar-refractivity contribution in [2.75, 3.05) is 6.61 Å². The second-order valence-electron chi connectivity index (χ2n) is 2.37. The van der Waals surface area contributed by atoms with Gasteiger partial charge in [-0.3, -0.25) is 4.79 Å². The molecule has 0 aromatic rings. The predicted molar refractivity (Wildman–Crippen MR) is 36.3 cm³/mol. The number of rotatable bonds is 5. The fourth-order valence-corrected chi connectivity index (χ4v) is 0.782. The van der Waals surface area contributed by atoms with E-state index in [0.717, 1.165) is 6.92 Å². The first-order valence-corrected chi connectivity index (χ1v) is 4.75. The van der Waals surface area contributed by atoms with Crippen LogP contribution in [0.25, 0.3) is 0 Å². The Morgan fingerprint density at radius 1 is 1.54 bits per heavy atom. The van der Waals surface area contributed by atoms with Crippen LogP contribution in [-0.2, 0) is 13.9 Å². The molecule has 0 aliphatic carbocycles. The van der Waals surface area contributed by atoms with Gasteiger partial charge in [0.25, 0.3) is 0 Å². The summed E-state index contributed by atoms with van der Waals surface area (Å²) in [4.78, 5) is 30.5. The van der Waals surface area contributed by atoms with Crippen LogP contribution in [0.4, 0.5) is 0 Å². The van der Waals surface area contributed by atoms with Crippen molar-refractivity contribution in [3.05, 3.63) is 0 Å². The fourth-order valence-electron chi connectivity index (χ4n) is 0.497. The molecule has 0 saturated heterocycles. The minimum atomic E-state index is -5.20. The van der Waals surface area contributed by atoms with Gasteiger partial charge >= 0.3 is 0 Å². The average molecular weight is 212 g/mol. The van der Waals surface area contributed by atoms with E-state index < -0.39 is 32.4 Å². The Morgan fingerprint density at radius 3 is 2.31 bits per heavy atom. The molecule has 0 radical (unpaired) electrons. The molecule has 0 spiro atoms. The van der Waals surface area contributed by atoms with Crippen LogP contribution in [0.15, 0.2) is 0 Å². The average Bonchev–Trinajstić information content (AvgIpc) is 1.97. The molecule has 0 aromatic carbocycles. The minimum Gasteiger partial charge on any atom is -0.790 e. The van der Waals surface area contributed by atoms with E-state index in [2.05, 4.69) is 4.52 Å². The summed E-state index contributed by atoms with van der Waals surface area (Å²) in [6.45, 7) is 0.0763. The van der Waals surface area contributed by atoms with Crippen LogP contribution < -0.4 is 9.79 Å². The van der Waals surface area contributed by atoms with E-state index in [4.69, 9.17) is 10.2 Å². The Kier molecular flexibility index (Phi) is 4.69. The molecule has 0 fully saturated rings. The Labute approximate surface area is 74.2 Å². The maximum atomic E-state index is 10.7.